The lowest BCUT2D eigenvalue weighted by molar-refractivity contribution is -0.123. The zero-order valence-corrected chi connectivity index (χ0v) is 17.9. The van der Waals surface area contributed by atoms with Crippen molar-refractivity contribution in [3.8, 4) is 0 Å². The maximum absolute atomic E-state index is 11.2. The third kappa shape index (κ3) is 8.03. The Bertz CT molecular complexity index is 640. The van der Waals surface area contributed by atoms with Crippen molar-refractivity contribution in [2.45, 2.75) is 45.1 Å². The van der Waals surface area contributed by atoms with E-state index in [-0.39, 0.29) is 11.8 Å². The number of nitrogens with zero attached hydrogens (tertiary/aromatic N) is 2. The molecule has 0 aromatic heterocycles. The van der Waals surface area contributed by atoms with Crippen molar-refractivity contribution in [2.24, 2.45) is 16.6 Å². The van der Waals surface area contributed by atoms with Crippen LogP contribution in [0.2, 0.25) is 0 Å². The first kappa shape index (κ1) is 23.2. The molecule has 29 heavy (non-hydrogen) atoms. The molecular weight excluding hydrogens is 366 g/mol. The average molecular weight is 404 g/mol. The molecule has 0 saturated carbocycles. The summed E-state index contributed by atoms with van der Waals surface area (Å²) in [5.74, 6) is 0.626. The third-order valence-corrected chi connectivity index (χ3v) is 5.47. The Labute approximate surface area is 174 Å². The smallest absolute Gasteiger partial charge is 0.220 e. The largest absolute Gasteiger partial charge is 0.384 e. The fraction of sp³-hybridized carbons (Fsp3) is 0.636. The molecule has 7 heteroatoms. The van der Waals surface area contributed by atoms with Gasteiger partial charge in [-0.2, -0.15) is 0 Å². The number of benzene rings is 1. The molecule has 0 spiro atoms. The molecule has 0 bridgehead atoms. The predicted octanol–water partition coefficient (Wildman–Crippen LogP) is 1.43. The van der Waals surface area contributed by atoms with E-state index in [2.05, 4.69) is 20.5 Å². The van der Waals surface area contributed by atoms with Gasteiger partial charge < -0.3 is 26.4 Å². The van der Waals surface area contributed by atoms with Crippen LogP contribution in [0.1, 0.15) is 45.1 Å². The van der Waals surface area contributed by atoms with Crippen LogP contribution < -0.4 is 16.4 Å². The highest BCUT2D eigenvalue weighted by atomic mass is 16.3. The molecule has 1 fully saturated rings. The maximum Gasteiger partial charge on any atom is 0.220 e. The van der Waals surface area contributed by atoms with Gasteiger partial charge in [-0.1, -0.05) is 30.3 Å². The minimum Gasteiger partial charge on any atom is -0.384 e. The van der Waals surface area contributed by atoms with Crippen LogP contribution >= 0.6 is 0 Å². The monoisotopic (exact) mass is 403 g/mol. The molecule has 5 N–H and O–H groups in total. The molecule has 0 aliphatic carbocycles. The molecule has 1 atom stereocenters. The van der Waals surface area contributed by atoms with Gasteiger partial charge in [0.2, 0.25) is 5.91 Å². The van der Waals surface area contributed by atoms with Crippen LogP contribution in [0.15, 0.2) is 35.3 Å². The summed E-state index contributed by atoms with van der Waals surface area (Å²) in [6.07, 6.45) is 3.89. The van der Waals surface area contributed by atoms with Crippen molar-refractivity contribution in [1.82, 2.24) is 15.5 Å². The Balaban J connectivity index is 1.70. The number of carbonyl (C=O) groups excluding carboxylic acids is 1. The molecule has 2 rings (SSSR count). The van der Waals surface area contributed by atoms with Crippen molar-refractivity contribution in [1.29, 1.82) is 0 Å². The van der Waals surface area contributed by atoms with Gasteiger partial charge in [-0.3, -0.25) is 4.79 Å². The molecule has 162 valence electrons. The second-order valence-corrected chi connectivity index (χ2v) is 7.99. The van der Waals surface area contributed by atoms with E-state index >= 15 is 0 Å². The minimum atomic E-state index is -0.999. The number of unbranched alkanes of at least 4 members (excludes halogenated alkanes) is 1. The van der Waals surface area contributed by atoms with E-state index in [1.54, 1.807) is 6.92 Å². The van der Waals surface area contributed by atoms with Gasteiger partial charge in [-0.05, 0) is 64.7 Å². The standard InChI is InChI=1S/C22H37N5O2/c1-3-24-21(26-17-22(2,29)19-9-5-4-6-10-19)25-13-7-8-14-27-15-11-18(12-16-27)20(23)28/h4-6,9-10,18,29H,3,7-8,11-17H2,1-2H3,(H2,23,28)(H2,24,25,26). The predicted molar refractivity (Wildman–Crippen MR) is 118 cm³/mol. The van der Waals surface area contributed by atoms with Crippen molar-refractivity contribution in [2.75, 3.05) is 39.3 Å². The minimum absolute atomic E-state index is 0.0555. The zero-order valence-electron chi connectivity index (χ0n) is 17.9. The lowest BCUT2D eigenvalue weighted by atomic mass is 9.96. The number of likely N-dealkylation sites (tertiary alicyclic amines) is 1. The normalized spacial score (nSPS) is 18.2. The van der Waals surface area contributed by atoms with Gasteiger partial charge in [0, 0.05) is 19.0 Å². The van der Waals surface area contributed by atoms with Crippen LogP contribution in [0.4, 0.5) is 0 Å². The summed E-state index contributed by atoms with van der Waals surface area (Å²) >= 11 is 0. The number of hydrogen-bond donors (Lipinski definition) is 4. The number of amides is 1. The van der Waals surface area contributed by atoms with Crippen LogP contribution in [0.5, 0.6) is 0 Å². The first-order chi connectivity index (χ1) is 13.9. The van der Waals surface area contributed by atoms with E-state index in [1.165, 1.54) is 0 Å². The van der Waals surface area contributed by atoms with Crippen LogP contribution in [-0.2, 0) is 10.4 Å². The summed E-state index contributed by atoms with van der Waals surface area (Å²) in [5, 5.41) is 17.3. The number of aliphatic imine (C=N–C) groups is 1. The third-order valence-electron chi connectivity index (χ3n) is 5.47. The molecule has 0 radical (unpaired) electrons. The summed E-state index contributed by atoms with van der Waals surface area (Å²) < 4.78 is 0. The molecule has 1 amide bonds. The summed E-state index contributed by atoms with van der Waals surface area (Å²) in [6.45, 7) is 8.67. The lowest BCUT2D eigenvalue weighted by Gasteiger charge is -2.30. The number of carbonyl (C=O) groups is 1. The van der Waals surface area contributed by atoms with Crippen molar-refractivity contribution in [3.63, 3.8) is 0 Å². The summed E-state index contributed by atoms with van der Waals surface area (Å²) in [5.41, 5.74) is 5.25. The molecule has 1 unspecified atom stereocenters. The number of guanidine groups is 1. The van der Waals surface area contributed by atoms with Gasteiger partial charge in [0.1, 0.15) is 5.60 Å². The first-order valence-electron chi connectivity index (χ1n) is 10.7. The number of piperidine rings is 1. The second kappa shape index (κ2) is 11.8. The number of aliphatic hydroxyl groups is 1. The fourth-order valence-corrected chi connectivity index (χ4v) is 3.57. The summed E-state index contributed by atoms with van der Waals surface area (Å²) in [7, 11) is 0. The number of hydrogen-bond acceptors (Lipinski definition) is 4. The Hall–Kier alpha value is -2.12. The van der Waals surface area contributed by atoms with Crippen LogP contribution in [0.3, 0.4) is 0 Å². The van der Waals surface area contributed by atoms with Gasteiger partial charge in [0.25, 0.3) is 0 Å². The number of rotatable bonds is 10. The van der Waals surface area contributed by atoms with Crippen molar-refractivity contribution in [3.05, 3.63) is 35.9 Å². The van der Waals surface area contributed by atoms with Gasteiger partial charge in [-0.25, -0.2) is 4.99 Å². The SMILES string of the molecule is CCNC(=NCC(C)(O)c1ccccc1)NCCCCN1CCC(C(N)=O)CC1. The quantitative estimate of drug-likeness (QED) is 0.269. The Kier molecular flexibility index (Phi) is 9.41. The van der Waals surface area contributed by atoms with E-state index in [0.29, 0.717) is 6.54 Å². The van der Waals surface area contributed by atoms with Crippen molar-refractivity contribution < 1.29 is 9.90 Å². The zero-order chi connectivity index (χ0) is 21.1. The number of nitrogens with one attached hydrogen (secondary N) is 2. The lowest BCUT2D eigenvalue weighted by Crippen LogP contribution is -2.40. The molecule has 1 saturated heterocycles. The van der Waals surface area contributed by atoms with E-state index in [4.69, 9.17) is 5.73 Å². The van der Waals surface area contributed by atoms with Crippen LogP contribution in [0.25, 0.3) is 0 Å². The van der Waals surface area contributed by atoms with Crippen molar-refractivity contribution >= 4 is 11.9 Å². The number of nitrogens with two attached hydrogens (primary N) is 1. The summed E-state index contributed by atoms with van der Waals surface area (Å²) in [4.78, 5) is 18.2. The Morgan fingerprint density at radius 3 is 2.55 bits per heavy atom. The van der Waals surface area contributed by atoms with E-state index in [1.807, 2.05) is 37.3 Å². The molecule has 7 nitrogen and oxygen atoms in total. The van der Waals surface area contributed by atoms with E-state index in [0.717, 1.165) is 69.9 Å². The van der Waals surface area contributed by atoms with Crippen LogP contribution in [0, 0.1) is 5.92 Å². The second-order valence-electron chi connectivity index (χ2n) is 7.99. The summed E-state index contributed by atoms with van der Waals surface area (Å²) in [6, 6.07) is 9.62. The molecular formula is C22H37N5O2. The molecule has 1 aliphatic rings. The molecule has 1 aliphatic heterocycles. The molecule has 1 aromatic carbocycles. The van der Waals surface area contributed by atoms with Gasteiger partial charge in [0.05, 0.1) is 6.54 Å². The fourth-order valence-electron chi connectivity index (χ4n) is 3.57. The highest BCUT2D eigenvalue weighted by Gasteiger charge is 2.23. The number of primary amides is 1. The Morgan fingerprint density at radius 1 is 1.24 bits per heavy atom. The first-order valence-corrected chi connectivity index (χ1v) is 10.7. The van der Waals surface area contributed by atoms with Gasteiger partial charge in [0.15, 0.2) is 5.96 Å². The molecule has 1 heterocycles. The highest BCUT2D eigenvalue weighted by Crippen LogP contribution is 2.20. The molecule has 1 aromatic rings. The Morgan fingerprint density at radius 2 is 1.93 bits per heavy atom. The van der Waals surface area contributed by atoms with E-state index < -0.39 is 5.60 Å². The van der Waals surface area contributed by atoms with Crippen LogP contribution in [-0.4, -0.2) is 61.1 Å². The van der Waals surface area contributed by atoms with Gasteiger partial charge >= 0.3 is 0 Å². The maximum atomic E-state index is 11.2. The highest BCUT2D eigenvalue weighted by molar-refractivity contribution is 5.79. The average Bonchev–Trinajstić information content (AvgIpc) is 2.72. The topological polar surface area (TPSA) is 103 Å². The van der Waals surface area contributed by atoms with Gasteiger partial charge in [-0.15, -0.1) is 0 Å². The van der Waals surface area contributed by atoms with E-state index in [9.17, 15) is 9.90 Å².